The van der Waals surface area contributed by atoms with Crippen LogP contribution in [0.3, 0.4) is 0 Å². The predicted octanol–water partition coefficient (Wildman–Crippen LogP) is 6.48. The lowest BCUT2D eigenvalue weighted by Crippen LogP contribution is -2.14. The lowest BCUT2D eigenvalue weighted by Gasteiger charge is -2.13. The molecule has 3 aromatic heterocycles. The van der Waals surface area contributed by atoms with Crippen LogP contribution in [0, 0.1) is 0 Å². The van der Waals surface area contributed by atoms with Crippen molar-refractivity contribution < 1.29 is 19.0 Å². The van der Waals surface area contributed by atoms with E-state index in [9.17, 15) is 4.79 Å². The third-order valence-corrected chi connectivity index (χ3v) is 8.10. The first-order valence-electron chi connectivity index (χ1n) is 11.5. The maximum Gasteiger partial charge on any atom is 0.355 e. The molecule has 7 rings (SSSR count). The van der Waals surface area contributed by atoms with Gasteiger partial charge in [-0.25, -0.2) is 4.79 Å². The number of carbonyl (C=O) groups excluding carboxylic acids is 1. The van der Waals surface area contributed by atoms with E-state index in [0.29, 0.717) is 23.7 Å². The van der Waals surface area contributed by atoms with Crippen LogP contribution in [-0.2, 0) is 11.3 Å². The quantitative estimate of drug-likeness (QED) is 0.246. The SMILES string of the molecule is CCOC(=O)c1c(-c2ccc3c(c2)OCO3)c2sc3ccccc3c2n1Cc1ccc2nsnc2c1. The van der Waals surface area contributed by atoms with Crippen molar-refractivity contribution in [2.45, 2.75) is 13.5 Å². The predicted molar refractivity (Wildman–Crippen MR) is 141 cm³/mol. The number of nitrogens with zero attached hydrogens (tertiary/aromatic N) is 3. The van der Waals surface area contributed by atoms with Crippen molar-refractivity contribution in [1.29, 1.82) is 0 Å². The molecular formula is C27H19N3O4S2. The second-order valence-corrected chi connectivity index (χ2v) is 10.0. The maximum atomic E-state index is 13.5. The standard InChI is InChI=1S/C27H19N3O4S2/c1-2-32-27(31)25-23(16-8-10-20-21(12-16)34-14-33-20)26-24(17-5-3-4-6-22(17)35-26)30(25)13-15-7-9-18-19(11-15)29-36-28-18/h3-12H,2,13-14H2,1H3. The Hall–Kier alpha value is -3.95. The van der Waals surface area contributed by atoms with Crippen LogP contribution in [0.4, 0.5) is 0 Å². The van der Waals surface area contributed by atoms with Crippen LogP contribution in [-0.4, -0.2) is 32.7 Å². The number of thiophene rings is 1. The molecular weight excluding hydrogens is 494 g/mol. The highest BCUT2D eigenvalue weighted by Gasteiger charge is 2.29. The molecule has 0 bridgehead atoms. The van der Waals surface area contributed by atoms with Crippen LogP contribution < -0.4 is 9.47 Å². The highest BCUT2D eigenvalue weighted by atomic mass is 32.1. The van der Waals surface area contributed by atoms with Gasteiger partial charge in [-0.2, -0.15) is 8.75 Å². The van der Waals surface area contributed by atoms with Crippen LogP contribution in [0.5, 0.6) is 11.5 Å². The number of benzene rings is 3. The zero-order valence-electron chi connectivity index (χ0n) is 19.2. The summed E-state index contributed by atoms with van der Waals surface area (Å²) in [4.78, 5) is 13.5. The molecule has 178 valence electrons. The van der Waals surface area contributed by atoms with E-state index in [0.717, 1.165) is 48.0 Å². The molecule has 0 saturated carbocycles. The van der Waals surface area contributed by atoms with Crippen molar-refractivity contribution in [2.75, 3.05) is 13.4 Å². The molecule has 6 aromatic rings. The molecule has 4 heterocycles. The zero-order chi connectivity index (χ0) is 24.2. The van der Waals surface area contributed by atoms with Gasteiger partial charge in [0.25, 0.3) is 0 Å². The number of esters is 1. The number of aromatic nitrogens is 3. The van der Waals surface area contributed by atoms with Crippen LogP contribution in [0.15, 0.2) is 60.7 Å². The van der Waals surface area contributed by atoms with Crippen molar-refractivity contribution in [3.63, 3.8) is 0 Å². The van der Waals surface area contributed by atoms with E-state index in [1.165, 1.54) is 11.7 Å². The molecule has 3 aromatic carbocycles. The largest absolute Gasteiger partial charge is 0.461 e. The normalized spacial score (nSPS) is 12.7. The molecule has 0 aliphatic carbocycles. The molecule has 7 nitrogen and oxygen atoms in total. The highest BCUT2D eigenvalue weighted by molar-refractivity contribution is 7.26. The van der Waals surface area contributed by atoms with E-state index in [-0.39, 0.29) is 19.4 Å². The minimum absolute atomic E-state index is 0.191. The Morgan fingerprint density at radius 1 is 1.03 bits per heavy atom. The van der Waals surface area contributed by atoms with Crippen molar-refractivity contribution in [1.82, 2.24) is 13.3 Å². The molecule has 0 atom stereocenters. The van der Waals surface area contributed by atoms with Gasteiger partial charge in [0.05, 0.1) is 28.6 Å². The molecule has 1 aliphatic rings. The van der Waals surface area contributed by atoms with Crippen molar-refractivity contribution in [2.24, 2.45) is 0 Å². The lowest BCUT2D eigenvalue weighted by atomic mass is 10.0. The van der Waals surface area contributed by atoms with Gasteiger partial charge in [0, 0.05) is 22.2 Å². The Bertz CT molecular complexity index is 1800. The second kappa shape index (κ2) is 8.32. The summed E-state index contributed by atoms with van der Waals surface area (Å²) in [6.07, 6.45) is 0. The molecule has 0 N–H and O–H groups in total. The number of fused-ring (bicyclic) bond motifs is 5. The van der Waals surface area contributed by atoms with Gasteiger partial charge in [0.1, 0.15) is 16.7 Å². The summed E-state index contributed by atoms with van der Waals surface area (Å²) in [5, 5.41) is 1.10. The number of carbonyl (C=O) groups is 1. The number of ether oxygens (including phenoxy) is 3. The van der Waals surface area contributed by atoms with E-state index in [2.05, 4.69) is 25.4 Å². The summed E-state index contributed by atoms with van der Waals surface area (Å²) >= 11 is 2.88. The summed E-state index contributed by atoms with van der Waals surface area (Å²) in [7, 11) is 0. The van der Waals surface area contributed by atoms with Gasteiger partial charge < -0.3 is 18.8 Å². The molecule has 0 saturated heterocycles. The van der Waals surface area contributed by atoms with Gasteiger partial charge in [-0.15, -0.1) is 11.3 Å². The average Bonchev–Trinajstić information content (AvgIpc) is 3.66. The zero-order valence-corrected chi connectivity index (χ0v) is 20.8. The van der Waals surface area contributed by atoms with E-state index in [1.54, 1.807) is 11.3 Å². The average molecular weight is 514 g/mol. The Morgan fingerprint density at radius 3 is 2.81 bits per heavy atom. The number of hydrogen-bond acceptors (Lipinski definition) is 8. The van der Waals surface area contributed by atoms with Gasteiger partial charge in [-0.3, -0.25) is 0 Å². The minimum Gasteiger partial charge on any atom is -0.461 e. The first kappa shape index (κ1) is 21.3. The minimum atomic E-state index is -0.353. The molecule has 36 heavy (non-hydrogen) atoms. The molecule has 0 unspecified atom stereocenters. The topological polar surface area (TPSA) is 75.5 Å². The lowest BCUT2D eigenvalue weighted by molar-refractivity contribution is 0.0516. The van der Waals surface area contributed by atoms with Gasteiger partial charge in [0.15, 0.2) is 11.5 Å². The smallest absolute Gasteiger partial charge is 0.355 e. The first-order chi connectivity index (χ1) is 17.7. The van der Waals surface area contributed by atoms with E-state index in [4.69, 9.17) is 14.2 Å². The van der Waals surface area contributed by atoms with Gasteiger partial charge in [-0.05, 0) is 48.4 Å². The first-order valence-corrected chi connectivity index (χ1v) is 13.1. The summed E-state index contributed by atoms with van der Waals surface area (Å²) in [5.74, 6) is 1.02. The second-order valence-electron chi connectivity index (χ2n) is 8.46. The Morgan fingerprint density at radius 2 is 1.89 bits per heavy atom. The van der Waals surface area contributed by atoms with Crippen molar-refractivity contribution in [3.8, 4) is 22.6 Å². The molecule has 0 radical (unpaired) electrons. The maximum absolute atomic E-state index is 13.5. The van der Waals surface area contributed by atoms with E-state index < -0.39 is 0 Å². The molecule has 9 heteroatoms. The molecule has 0 spiro atoms. The van der Waals surface area contributed by atoms with Crippen molar-refractivity contribution in [3.05, 3.63) is 71.9 Å². The van der Waals surface area contributed by atoms with Crippen LogP contribution >= 0.6 is 23.1 Å². The van der Waals surface area contributed by atoms with Crippen LogP contribution in [0.25, 0.3) is 42.5 Å². The fourth-order valence-corrected chi connectivity index (χ4v) is 6.61. The monoisotopic (exact) mass is 513 g/mol. The fraction of sp³-hybridized carbons (Fsp3) is 0.148. The van der Waals surface area contributed by atoms with E-state index >= 15 is 0 Å². The summed E-state index contributed by atoms with van der Waals surface area (Å²) < 4.78 is 29.8. The molecule has 1 aliphatic heterocycles. The van der Waals surface area contributed by atoms with Gasteiger partial charge >= 0.3 is 5.97 Å². The molecule has 0 fully saturated rings. The third-order valence-electron chi connectivity index (χ3n) is 6.36. The number of hydrogen-bond donors (Lipinski definition) is 0. The Balaban J connectivity index is 1.53. The summed E-state index contributed by atoms with van der Waals surface area (Å²) in [6, 6.07) is 20.2. The van der Waals surface area contributed by atoms with Crippen molar-refractivity contribution >= 4 is 60.4 Å². The number of rotatable bonds is 5. The van der Waals surface area contributed by atoms with Crippen LogP contribution in [0.2, 0.25) is 0 Å². The van der Waals surface area contributed by atoms with Gasteiger partial charge in [-0.1, -0.05) is 30.3 Å². The summed E-state index contributed by atoms with van der Waals surface area (Å²) in [6.45, 7) is 2.79. The van der Waals surface area contributed by atoms with Crippen LogP contribution in [0.1, 0.15) is 23.0 Å². The Labute approximate surface area is 213 Å². The van der Waals surface area contributed by atoms with Gasteiger partial charge in [0.2, 0.25) is 6.79 Å². The summed E-state index contributed by atoms with van der Waals surface area (Å²) in [5.41, 5.74) is 6.03. The third kappa shape index (κ3) is 3.27. The highest BCUT2D eigenvalue weighted by Crippen LogP contribution is 2.46. The fourth-order valence-electron chi connectivity index (χ4n) is 4.82. The molecule has 0 amide bonds. The van der Waals surface area contributed by atoms with E-state index in [1.807, 2.05) is 55.5 Å². The Kier molecular flexibility index (Phi) is 4.93.